The maximum atomic E-state index is 11.3. The number of aromatic carboxylic acids is 1. The molecule has 19 heavy (non-hydrogen) atoms. The van der Waals surface area contributed by atoms with Gasteiger partial charge in [0.05, 0.1) is 10.4 Å². The molecule has 94 valence electrons. The lowest BCUT2D eigenvalue weighted by atomic mass is 10.1. The van der Waals surface area contributed by atoms with E-state index < -0.39 is 16.6 Å². The van der Waals surface area contributed by atoms with Crippen molar-refractivity contribution in [3.8, 4) is 0 Å². The number of carboxylic acid groups (broad SMARTS) is 1. The van der Waals surface area contributed by atoms with Gasteiger partial charge in [-0.05, 0) is 12.1 Å². The second kappa shape index (κ2) is 3.81. The topological polar surface area (TPSA) is 96.2 Å². The first kappa shape index (κ1) is 11.2. The van der Waals surface area contributed by atoms with Crippen LogP contribution in [0.15, 0.2) is 36.4 Å². The van der Waals surface area contributed by atoms with Gasteiger partial charge in [0, 0.05) is 22.4 Å². The zero-order valence-electron chi connectivity index (χ0n) is 9.58. The fourth-order valence-corrected chi connectivity index (χ4v) is 2.28. The zero-order chi connectivity index (χ0) is 13.6. The lowest BCUT2D eigenvalue weighted by Crippen LogP contribution is -2.03. The normalized spacial score (nSPS) is 10.9. The van der Waals surface area contributed by atoms with E-state index in [1.54, 1.807) is 12.1 Å². The Hall–Kier alpha value is -2.89. The highest BCUT2D eigenvalue weighted by atomic mass is 16.6. The van der Waals surface area contributed by atoms with E-state index in [0.29, 0.717) is 5.39 Å². The fourth-order valence-electron chi connectivity index (χ4n) is 2.28. The Labute approximate surface area is 106 Å². The number of nitrogens with one attached hydrogen (secondary N) is 1. The smallest absolute Gasteiger partial charge is 0.344 e. The van der Waals surface area contributed by atoms with Crippen molar-refractivity contribution < 1.29 is 14.8 Å². The Morgan fingerprint density at radius 2 is 1.89 bits per heavy atom. The molecule has 0 saturated carbocycles. The van der Waals surface area contributed by atoms with Gasteiger partial charge in [-0.2, -0.15) is 0 Å². The maximum absolute atomic E-state index is 11.3. The molecular formula is C13H8N2O4. The molecule has 0 spiro atoms. The summed E-state index contributed by atoms with van der Waals surface area (Å²) < 4.78 is 0. The van der Waals surface area contributed by atoms with Crippen molar-refractivity contribution in [1.82, 2.24) is 4.98 Å². The molecule has 6 heteroatoms. The molecule has 3 rings (SSSR count). The van der Waals surface area contributed by atoms with Crippen LogP contribution in [0.1, 0.15) is 10.4 Å². The van der Waals surface area contributed by atoms with Crippen LogP contribution in [0.3, 0.4) is 0 Å². The van der Waals surface area contributed by atoms with Crippen molar-refractivity contribution in [2.24, 2.45) is 0 Å². The average Bonchev–Trinajstić information content (AvgIpc) is 2.75. The molecule has 2 aromatic carbocycles. The number of H-pyrrole nitrogens is 1. The minimum Gasteiger partial charge on any atom is -0.477 e. The molecule has 0 fully saturated rings. The zero-order valence-corrected chi connectivity index (χ0v) is 9.58. The molecule has 0 aliphatic carbocycles. The van der Waals surface area contributed by atoms with Gasteiger partial charge < -0.3 is 10.1 Å². The molecule has 0 aliphatic rings. The van der Waals surface area contributed by atoms with Crippen LogP contribution in [0.5, 0.6) is 0 Å². The van der Waals surface area contributed by atoms with Crippen LogP contribution in [-0.2, 0) is 0 Å². The number of fused-ring (bicyclic) bond motifs is 3. The van der Waals surface area contributed by atoms with Crippen molar-refractivity contribution >= 4 is 33.5 Å². The largest absolute Gasteiger partial charge is 0.477 e. The summed E-state index contributed by atoms with van der Waals surface area (Å²) in [6, 6.07) is 10.1. The van der Waals surface area contributed by atoms with Gasteiger partial charge in [0.1, 0.15) is 0 Å². The predicted octanol–water partition coefficient (Wildman–Crippen LogP) is 2.93. The monoisotopic (exact) mass is 256 g/mol. The summed E-state index contributed by atoms with van der Waals surface area (Å²) in [6.45, 7) is 0. The van der Waals surface area contributed by atoms with Crippen molar-refractivity contribution in [3.63, 3.8) is 0 Å². The third-order valence-corrected chi connectivity index (χ3v) is 3.07. The number of aromatic nitrogens is 1. The second-order valence-corrected chi connectivity index (χ2v) is 4.12. The standard InChI is InChI=1S/C13H8N2O4/c16-13(17)11-10(15(18)19)6-5-8-7-3-1-2-4-9(7)14-12(8)11/h1-6,14H,(H,16,17). The molecule has 0 unspecified atom stereocenters. The molecule has 0 saturated heterocycles. The van der Waals surface area contributed by atoms with E-state index in [-0.39, 0.29) is 11.1 Å². The Kier molecular flexibility index (Phi) is 2.25. The third-order valence-electron chi connectivity index (χ3n) is 3.07. The van der Waals surface area contributed by atoms with Crippen molar-refractivity contribution in [3.05, 3.63) is 52.1 Å². The number of benzene rings is 2. The number of nitro benzene ring substituents is 1. The molecule has 0 bridgehead atoms. The number of rotatable bonds is 2. The van der Waals surface area contributed by atoms with Crippen molar-refractivity contribution in [2.45, 2.75) is 0 Å². The highest BCUT2D eigenvalue weighted by Gasteiger charge is 2.24. The Balaban J connectivity index is 2.52. The van der Waals surface area contributed by atoms with Gasteiger partial charge in [-0.3, -0.25) is 10.1 Å². The lowest BCUT2D eigenvalue weighted by molar-refractivity contribution is -0.385. The average molecular weight is 256 g/mol. The number of hydrogen-bond donors (Lipinski definition) is 2. The van der Waals surface area contributed by atoms with Gasteiger partial charge in [-0.1, -0.05) is 18.2 Å². The first-order valence-corrected chi connectivity index (χ1v) is 5.50. The van der Waals surface area contributed by atoms with E-state index in [0.717, 1.165) is 10.9 Å². The Bertz CT molecular complexity index is 835. The summed E-state index contributed by atoms with van der Waals surface area (Å²) in [5, 5.41) is 21.6. The minimum absolute atomic E-state index is 0.280. The first-order chi connectivity index (χ1) is 9.09. The highest BCUT2D eigenvalue weighted by molar-refractivity contribution is 6.15. The van der Waals surface area contributed by atoms with Crippen LogP contribution in [0.2, 0.25) is 0 Å². The van der Waals surface area contributed by atoms with Crippen molar-refractivity contribution in [2.75, 3.05) is 0 Å². The first-order valence-electron chi connectivity index (χ1n) is 5.50. The summed E-state index contributed by atoms with van der Waals surface area (Å²) in [5.41, 5.74) is 0.314. The number of para-hydroxylation sites is 1. The van der Waals surface area contributed by atoms with Crippen LogP contribution in [0.4, 0.5) is 5.69 Å². The van der Waals surface area contributed by atoms with E-state index in [1.165, 1.54) is 6.07 Å². The third kappa shape index (κ3) is 1.54. The van der Waals surface area contributed by atoms with Crippen LogP contribution >= 0.6 is 0 Å². The molecule has 6 nitrogen and oxygen atoms in total. The SMILES string of the molecule is O=C(O)c1c([N+](=O)[O-])ccc2c1[nH]c1ccccc12. The number of aromatic amines is 1. The molecule has 1 heterocycles. The van der Waals surface area contributed by atoms with Crippen LogP contribution in [0, 0.1) is 10.1 Å². The molecule has 2 N–H and O–H groups in total. The van der Waals surface area contributed by atoms with Gasteiger partial charge >= 0.3 is 5.97 Å². The van der Waals surface area contributed by atoms with Crippen molar-refractivity contribution in [1.29, 1.82) is 0 Å². The molecule has 3 aromatic rings. The summed E-state index contributed by atoms with van der Waals surface area (Å²) in [5.74, 6) is -1.32. The van der Waals surface area contributed by atoms with E-state index >= 15 is 0 Å². The summed E-state index contributed by atoms with van der Waals surface area (Å²) in [4.78, 5) is 24.5. The van der Waals surface area contributed by atoms with Gasteiger partial charge in [0.15, 0.2) is 5.56 Å². The van der Waals surface area contributed by atoms with Gasteiger partial charge in [-0.15, -0.1) is 0 Å². The van der Waals surface area contributed by atoms with E-state index in [1.807, 2.05) is 18.2 Å². The highest BCUT2D eigenvalue weighted by Crippen LogP contribution is 2.32. The van der Waals surface area contributed by atoms with E-state index in [2.05, 4.69) is 4.98 Å². The number of hydrogen-bond acceptors (Lipinski definition) is 3. The number of carboxylic acids is 1. The summed E-state index contributed by atoms with van der Waals surface area (Å²) in [7, 11) is 0. The van der Waals surface area contributed by atoms with Gasteiger partial charge in [0.2, 0.25) is 0 Å². The maximum Gasteiger partial charge on any atom is 0.344 e. The van der Waals surface area contributed by atoms with Crippen LogP contribution in [0.25, 0.3) is 21.8 Å². The van der Waals surface area contributed by atoms with Gasteiger partial charge in [-0.25, -0.2) is 4.79 Å². The van der Waals surface area contributed by atoms with Crippen LogP contribution in [-0.4, -0.2) is 21.0 Å². The summed E-state index contributed by atoms with van der Waals surface area (Å²) >= 11 is 0. The molecule has 0 amide bonds. The Morgan fingerprint density at radius 3 is 2.58 bits per heavy atom. The fraction of sp³-hybridized carbons (Fsp3) is 0. The second-order valence-electron chi connectivity index (χ2n) is 4.12. The lowest BCUT2D eigenvalue weighted by Gasteiger charge is -1.99. The molecule has 0 atom stereocenters. The van der Waals surface area contributed by atoms with Gasteiger partial charge in [0.25, 0.3) is 5.69 Å². The molecule has 0 radical (unpaired) electrons. The summed E-state index contributed by atoms with van der Waals surface area (Å²) in [6.07, 6.45) is 0. The predicted molar refractivity (Wildman–Crippen MR) is 69.4 cm³/mol. The van der Waals surface area contributed by atoms with E-state index in [4.69, 9.17) is 0 Å². The van der Waals surface area contributed by atoms with Crippen LogP contribution < -0.4 is 0 Å². The Morgan fingerprint density at radius 1 is 1.16 bits per heavy atom. The number of nitrogens with zero attached hydrogens (tertiary/aromatic N) is 1. The molecular weight excluding hydrogens is 248 g/mol. The number of nitro groups is 1. The number of carbonyl (C=O) groups is 1. The quantitative estimate of drug-likeness (QED) is 0.544. The molecule has 0 aliphatic heterocycles. The van der Waals surface area contributed by atoms with E-state index in [9.17, 15) is 20.0 Å². The minimum atomic E-state index is -1.32. The molecule has 1 aromatic heterocycles.